The van der Waals surface area contributed by atoms with Gasteiger partial charge in [0.1, 0.15) is 24.2 Å². The molecule has 178 valence electrons. The highest BCUT2D eigenvalue weighted by Gasteiger charge is 2.23. The second-order valence-electron chi connectivity index (χ2n) is 7.77. The number of pyridine rings is 1. The van der Waals surface area contributed by atoms with Crippen LogP contribution in [-0.4, -0.2) is 39.0 Å². The van der Waals surface area contributed by atoms with E-state index >= 15 is 0 Å². The molecule has 0 bridgehead atoms. The number of benzene rings is 1. The average molecular weight is 474 g/mol. The molecule has 0 aliphatic heterocycles. The quantitative estimate of drug-likeness (QED) is 0.328. The lowest BCUT2D eigenvalue weighted by Crippen LogP contribution is -2.18. The van der Waals surface area contributed by atoms with Gasteiger partial charge in [-0.1, -0.05) is 18.2 Å². The van der Waals surface area contributed by atoms with Gasteiger partial charge in [0.05, 0.1) is 24.1 Å². The van der Waals surface area contributed by atoms with Gasteiger partial charge in [-0.15, -0.1) is 0 Å². The smallest absolute Gasteiger partial charge is 0.180 e. The Hall–Kier alpha value is -4.36. The first-order valence-corrected chi connectivity index (χ1v) is 11.1. The fourth-order valence-electron chi connectivity index (χ4n) is 3.76. The van der Waals surface area contributed by atoms with Gasteiger partial charge in [-0.25, -0.2) is 14.4 Å². The van der Waals surface area contributed by atoms with E-state index in [2.05, 4.69) is 31.7 Å². The summed E-state index contributed by atoms with van der Waals surface area (Å²) in [7, 11) is 0. The Morgan fingerprint density at radius 3 is 2.89 bits per heavy atom. The second kappa shape index (κ2) is 11.2. The lowest BCUT2D eigenvalue weighted by atomic mass is 10.1. The van der Waals surface area contributed by atoms with Gasteiger partial charge in [0.2, 0.25) is 0 Å². The highest BCUT2D eigenvalue weighted by Crippen LogP contribution is 2.30. The summed E-state index contributed by atoms with van der Waals surface area (Å²) in [6.45, 7) is 0.157. The van der Waals surface area contributed by atoms with Crippen molar-refractivity contribution in [2.24, 2.45) is 0 Å². The Morgan fingerprint density at radius 1 is 1.23 bits per heavy atom. The van der Waals surface area contributed by atoms with E-state index in [4.69, 9.17) is 15.3 Å². The number of nitriles is 1. The van der Waals surface area contributed by atoms with E-state index in [0.717, 1.165) is 24.1 Å². The van der Waals surface area contributed by atoms with Gasteiger partial charge in [0.15, 0.2) is 17.4 Å². The van der Waals surface area contributed by atoms with Crippen LogP contribution in [0.1, 0.15) is 36.2 Å². The molecule has 0 radical (unpaired) electrons. The van der Waals surface area contributed by atoms with E-state index in [1.54, 1.807) is 30.5 Å². The molecule has 2 aromatic heterocycles. The summed E-state index contributed by atoms with van der Waals surface area (Å²) < 4.78 is 19.6. The Balaban J connectivity index is 1.61. The van der Waals surface area contributed by atoms with Gasteiger partial charge in [0, 0.05) is 30.2 Å². The number of nitrogens with zero attached hydrogens (tertiary/aromatic N) is 4. The molecule has 0 fully saturated rings. The van der Waals surface area contributed by atoms with Crippen molar-refractivity contribution in [3.63, 3.8) is 0 Å². The average Bonchev–Trinajstić information content (AvgIpc) is 3.36. The molecule has 4 N–H and O–H groups in total. The normalized spacial score (nSPS) is 12.8. The molecule has 0 amide bonds. The minimum atomic E-state index is -0.277. The maximum atomic E-state index is 14.0. The molecule has 1 aromatic carbocycles. The summed E-state index contributed by atoms with van der Waals surface area (Å²) in [5, 5.41) is 33.6. The van der Waals surface area contributed by atoms with Crippen LogP contribution in [0.3, 0.4) is 0 Å². The number of aliphatic hydroxyl groups is 1. The number of nitrogens with one attached hydrogen (secondary N) is 3. The fourth-order valence-corrected chi connectivity index (χ4v) is 3.76. The molecule has 35 heavy (non-hydrogen) atoms. The summed E-state index contributed by atoms with van der Waals surface area (Å²) >= 11 is 0. The molecule has 1 aliphatic carbocycles. The predicted molar refractivity (Wildman–Crippen MR) is 128 cm³/mol. The van der Waals surface area contributed by atoms with E-state index in [1.165, 1.54) is 18.5 Å². The summed E-state index contributed by atoms with van der Waals surface area (Å²) in [6, 6.07) is 10.3. The molecular formula is C25H24FN7O2. The summed E-state index contributed by atoms with van der Waals surface area (Å²) in [6.07, 6.45) is 6.69. The zero-order chi connectivity index (χ0) is 24.6. The number of allylic oxidation sites excluding steroid dienone is 2. The first kappa shape index (κ1) is 23.8. The van der Waals surface area contributed by atoms with Crippen LogP contribution in [0.25, 0.3) is 0 Å². The third-order valence-corrected chi connectivity index (χ3v) is 5.49. The van der Waals surface area contributed by atoms with Crippen LogP contribution in [0, 0.1) is 22.6 Å². The van der Waals surface area contributed by atoms with E-state index < -0.39 is 0 Å². The predicted octanol–water partition coefficient (Wildman–Crippen LogP) is 3.59. The van der Waals surface area contributed by atoms with Gasteiger partial charge in [-0.2, -0.15) is 5.26 Å². The van der Waals surface area contributed by atoms with Gasteiger partial charge in [-0.3, -0.25) is 10.4 Å². The fraction of sp³-hybridized carbons (Fsp3) is 0.240. The molecule has 0 atom stereocenters. The molecule has 10 heteroatoms. The zero-order valence-electron chi connectivity index (χ0n) is 18.9. The molecular weight excluding hydrogens is 449 g/mol. The number of anilines is 2. The molecule has 0 unspecified atom stereocenters. The van der Waals surface area contributed by atoms with Crippen LogP contribution in [0.5, 0.6) is 5.75 Å². The van der Waals surface area contributed by atoms with Gasteiger partial charge < -0.3 is 20.5 Å². The lowest BCUT2D eigenvalue weighted by Gasteiger charge is -2.15. The lowest BCUT2D eigenvalue weighted by molar-refractivity contribution is 0.201. The van der Waals surface area contributed by atoms with Crippen molar-refractivity contribution in [1.82, 2.24) is 20.3 Å². The largest absolute Gasteiger partial charge is 0.486 e. The molecule has 9 nitrogen and oxygen atoms in total. The van der Waals surface area contributed by atoms with Crippen molar-refractivity contribution in [1.29, 1.82) is 10.7 Å². The minimum Gasteiger partial charge on any atom is -0.486 e. The minimum absolute atomic E-state index is 0.0333. The number of aliphatic hydroxyl groups excluding tert-OH is 1. The maximum Gasteiger partial charge on any atom is 0.180 e. The Morgan fingerprint density at radius 2 is 2.09 bits per heavy atom. The molecule has 0 saturated carbocycles. The molecule has 0 spiro atoms. The van der Waals surface area contributed by atoms with Crippen molar-refractivity contribution in [3.05, 3.63) is 83.0 Å². The van der Waals surface area contributed by atoms with E-state index in [1.807, 2.05) is 0 Å². The maximum absolute atomic E-state index is 14.0. The van der Waals surface area contributed by atoms with Gasteiger partial charge in [0.25, 0.3) is 0 Å². The van der Waals surface area contributed by atoms with Crippen LogP contribution >= 0.6 is 0 Å². The van der Waals surface area contributed by atoms with Crippen molar-refractivity contribution < 1.29 is 14.2 Å². The Labute approximate surface area is 201 Å². The highest BCUT2D eigenvalue weighted by molar-refractivity contribution is 6.09. The number of hydrogen-bond acceptors (Lipinski definition) is 9. The van der Waals surface area contributed by atoms with Crippen LogP contribution in [0.2, 0.25) is 0 Å². The van der Waals surface area contributed by atoms with Crippen LogP contribution in [-0.2, 0) is 6.54 Å². The third kappa shape index (κ3) is 5.59. The Kier molecular flexibility index (Phi) is 7.60. The van der Waals surface area contributed by atoms with E-state index in [0.29, 0.717) is 29.8 Å². The number of rotatable bonds is 10. The van der Waals surface area contributed by atoms with Gasteiger partial charge >= 0.3 is 0 Å². The van der Waals surface area contributed by atoms with Crippen molar-refractivity contribution in [2.45, 2.75) is 25.8 Å². The van der Waals surface area contributed by atoms with E-state index in [-0.39, 0.29) is 42.1 Å². The molecule has 1 aliphatic rings. The van der Waals surface area contributed by atoms with Crippen LogP contribution in [0.4, 0.5) is 15.9 Å². The van der Waals surface area contributed by atoms with Crippen molar-refractivity contribution in [3.8, 4) is 11.8 Å². The first-order valence-electron chi connectivity index (χ1n) is 11.1. The SMILES string of the molecule is N#Cc1cnccc1Nc1nc(C(=N)C2=C(NCc3ccccc3F)CCC2)ncc1OCCO. The zero-order valence-corrected chi connectivity index (χ0v) is 18.9. The molecule has 4 rings (SSSR count). The van der Waals surface area contributed by atoms with Crippen LogP contribution in [0.15, 0.2) is 60.2 Å². The molecule has 0 saturated heterocycles. The highest BCUT2D eigenvalue weighted by atomic mass is 19.1. The van der Waals surface area contributed by atoms with E-state index in [9.17, 15) is 9.65 Å². The number of aromatic nitrogens is 3. The number of ether oxygens (including phenoxy) is 1. The van der Waals surface area contributed by atoms with Crippen molar-refractivity contribution in [2.75, 3.05) is 18.5 Å². The standard InChI is InChI=1S/C25H24FN7O2/c26-19-6-2-1-4-16(19)14-30-21-7-3-5-18(21)23(28)25-31-15-22(35-11-10-34)24(33-25)32-20-8-9-29-13-17(20)12-27/h1-2,4,6,8-9,13,15,28,30,34H,3,5,7,10-11,14H2,(H,29,31,32,33). The third-order valence-electron chi connectivity index (χ3n) is 5.49. The van der Waals surface area contributed by atoms with Crippen molar-refractivity contribution >= 4 is 17.2 Å². The van der Waals surface area contributed by atoms with Gasteiger partial charge in [-0.05, 0) is 37.0 Å². The topological polar surface area (TPSA) is 140 Å². The monoisotopic (exact) mass is 473 g/mol. The summed E-state index contributed by atoms with van der Waals surface area (Å²) in [5.74, 6) is 0.434. The number of halogens is 1. The second-order valence-corrected chi connectivity index (χ2v) is 7.77. The Bertz CT molecular complexity index is 1300. The molecule has 3 aromatic rings. The number of hydrogen-bond donors (Lipinski definition) is 4. The molecule has 2 heterocycles. The van der Waals surface area contributed by atoms with Crippen LogP contribution < -0.4 is 15.4 Å². The summed E-state index contributed by atoms with van der Waals surface area (Å²) in [4.78, 5) is 12.8. The summed E-state index contributed by atoms with van der Waals surface area (Å²) in [5.41, 5.74) is 3.15. The first-order chi connectivity index (χ1) is 17.1.